The van der Waals surface area contributed by atoms with Crippen molar-refractivity contribution >= 4 is 0 Å². The van der Waals surface area contributed by atoms with Gasteiger partial charge in [-0.25, -0.2) is 0 Å². The molecule has 0 radical (unpaired) electrons. The predicted octanol–water partition coefficient (Wildman–Crippen LogP) is 3.72. The van der Waals surface area contributed by atoms with Crippen molar-refractivity contribution in [1.29, 1.82) is 0 Å². The van der Waals surface area contributed by atoms with E-state index in [9.17, 15) is 13.2 Å². The van der Waals surface area contributed by atoms with Gasteiger partial charge in [0.25, 0.3) is 0 Å². The Hall–Kier alpha value is -1.27. The highest BCUT2D eigenvalue weighted by Gasteiger charge is 2.34. The summed E-state index contributed by atoms with van der Waals surface area (Å²) in [4.78, 5) is 2.42. The maximum Gasteiger partial charge on any atom is 0.573 e. The molecule has 1 aliphatic heterocycles. The number of rotatable bonds is 4. The molecule has 2 aliphatic rings. The van der Waals surface area contributed by atoms with Crippen LogP contribution >= 0.6 is 0 Å². The highest BCUT2D eigenvalue weighted by atomic mass is 19.4. The molecule has 128 valence electrons. The summed E-state index contributed by atoms with van der Waals surface area (Å²) in [6.45, 7) is 3.74. The Kier molecular flexibility index (Phi) is 5.11. The van der Waals surface area contributed by atoms with Crippen molar-refractivity contribution in [3.63, 3.8) is 0 Å². The van der Waals surface area contributed by atoms with E-state index in [0.29, 0.717) is 5.92 Å². The summed E-state index contributed by atoms with van der Waals surface area (Å²) >= 11 is 0. The van der Waals surface area contributed by atoms with Crippen LogP contribution in [0.3, 0.4) is 0 Å². The first-order valence-electron chi connectivity index (χ1n) is 8.33. The lowest BCUT2D eigenvalue weighted by Gasteiger charge is -2.38. The monoisotopic (exact) mass is 328 g/mol. The lowest BCUT2D eigenvalue weighted by atomic mass is 9.89. The normalized spacial score (nSPS) is 22.2. The van der Waals surface area contributed by atoms with E-state index in [-0.39, 0.29) is 11.8 Å². The molecular formula is C17H23F3N2O. The van der Waals surface area contributed by atoms with Crippen molar-refractivity contribution in [3.8, 4) is 5.75 Å². The summed E-state index contributed by atoms with van der Waals surface area (Å²) < 4.78 is 41.6. The summed E-state index contributed by atoms with van der Waals surface area (Å²) in [7, 11) is 0. The molecule has 1 saturated carbocycles. The first-order valence-corrected chi connectivity index (χ1v) is 8.33. The molecular weight excluding hydrogens is 305 g/mol. The fourth-order valence-corrected chi connectivity index (χ4v) is 3.91. The van der Waals surface area contributed by atoms with Crippen molar-refractivity contribution in [3.05, 3.63) is 29.8 Å². The molecule has 3 rings (SSSR count). The zero-order chi connectivity index (χ0) is 16.3. The van der Waals surface area contributed by atoms with Crippen molar-refractivity contribution in [2.45, 2.75) is 38.1 Å². The van der Waals surface area contributed by atoms with Crippen LogP contribution in [0.25, 0.3) is 0 Å². The molecule has 6 heteroatoms. The maximum atomic E-state index is 12.5. The van der Waals surface area contributed by atoms with Crippen LogP contribution in [0.15, 0.2) is 24.3 Å². The van der Waals surface area contributed by atoms with Gasteiger partial charge in [-0.3, -0.25) is 4.90 Å². The van der Waals surface area contributed by atoms with Gasteiger partial charge < -0.3 is 10.1 Å². The molecule has 1 atom stereocenters. The summed E-state index contributed by atoms with van der Waals surface area (Å²) in [6, 6.07) is 6.74. The molecule has 1 aromatic rings. The van der Waals surface area contributed by atoms with E-state index in [2.05, 4.69) is 15.0 Å². The maximum absolute atomic E-state index is 12.5. The third-order valence-electron chi connectivity index (χ3n) is 4.82. The number of nitrogens with zero attached hydrogens (tertiary/aromatic N) is 1. The van der Waals surface area contributed by atoms with Crippen LogP contribution in [0.4, 0.5) is 13.2 Å². The van der Waals surface area contributed by atoms with E-state index in [1.54, 1.807) is 12.1 Å². The van der Waals surface area contributed by atoms with Crippen LogP contribution in [0.1, 0.15) is 37.3 Å². The summed E-state index contributed by atoms with van der Waals surface area (Å²) in [5, 5.41) is 3.34. The average Bonchev–Trinajstić information content (AvgIpc) is 3.01. The number of hydrogen-bond acceptors (Lipinski definition) is 3. The molecule has 0 bridgehead atoms. The first-order chi connectivity index (χ1) is 11.0. The van der Waals surface area contributed by atoms with E-state index in [1.807, 2.05) is 6.07 Å². The minimum Gasteiger partial charge on any atom is -0.406 e. The van der Waals surface area contributed by atoms with Gasteiger partial charge in [0.15, 0.2) is 0 Å². The lowest BCUT2D eigenvalue weighted by Crippen LogP contribution is -2.46. The van der Waals surface area contributed by atoms with Crippen molar-refractivity contribution in [1.82, 2.24) is 10.2 Å². The average molecular weight is 328 g/mol. The number of nitrogens with one attached hydrogen (secondary N) is 1. The molecule has 0 spiro atoms. The molecule has 2 fully saturated rings. The zero-order valence-electron chi connectivity index (χ0n) is 13.1. The summed E-state index contributed by atoms with van der Waals surface area (Å²) in [6.07, 6.45) is 0.0897. The highest BCUT2D eigenvalue weighted by molar-refractivity contribution is 5.31. The third-order valence-corrected chi connectivity index (χ3v) is 4.82. The Bertz CT molecular complexity index is 509. The molecule has 0 amide bonds. The van der Waals surface area contributed by atoms with Gasteiger partial charge in [-0.1, -0.05) is 25.0 Å². The molecule has 1 heterocycles. The molecule has 23 heavy (non-hydrogen) atoms. The van der Waals surface area contributed by atoms with Gasteiger partial charge in [-0.05, 0) is 36.5 Å². The van der Waals surface area contributed by atoms with Crippen LogP contribution in [-0.2, 0) is 0 Å². The van der Waals surface area contributed by atoms with E-state index in [0.717, 1.165) is 44.6 Å². The Morgan fingerprint density at radius 2 is 1.83 bits per heavy atom. The smallest absolute Gasteiger partial charge is 0.406 e. The van der Waals surface area contributed by atoms with E-state index in [1.165, 1.54) is 18.9 Å². The third kappa shape index (κ3) is 4.38. The number of ether oxygens (including phenoxy) is 1. The van der Waals surface area contributed by atoms with E-state index < -0.39 is 6.36 Å². The largest absolute Gasteiger partial charge is 0.573 e. The molecule has 0 unspecified atom stereocenters. The second-order valence-corrected chi connectivity index (χ2v) is 6.40. The quantitative estimate of drug-likeness (QED) is 0.912. The van der Waals surface area contributed by atoms with Gasteiger partial charge in [-0.15, -0.1) is 13.2 Å². The van der Waals surface area contributed by atoms with Crippen LogP contribution in [0, 0.1) is 5.92 Å². The number of benzene rings is 1. The Morgan fingerprint density at radius 3 is 2.48 bits per heavy atom. The molecule has 1 aliphatic carbocycles. The second-order valence-electron chi connectivity index (χ2n) is 6.40. The highest BCUT2D eigenvalue weighted by Crippen LogP contribution is 2.40. The number of hydrogen-bond donors (Lipinski definition) is 1. The fourth-order valence-electron chi connectivity index (χ4n) is 3.91. The van der Waals surface area contributed by atoms with Gasteiger partial charge in [-0.2, -0.15) is 0 Å². The minimum atomic E-state index is -4.64. The summed E-state index contributed by atoms with van der Waals surface area (Å²) in [5.41, 5.74) is 0.945. The van der Waals surface area contributed by atoms with Gasteiger partial charge in [0, 0.05) is 32.2 Å². The van der Waals surface area contributed by atoms with E-state index in [4.69, 9.17) is 0 Å². The molecule has 3 nitrogen and oxygen atoms in total. The number of alkyl halides is 3. The van der Waals surface area contributed by atoms with Crippen LogP contribution in [-0.4, -0.2) is 37.4 Å². The molecule has 1 aromatic carbocycles. The van der Waals surface area contributed by atoms with Crippen LogP contribution in [0.5, 0.6) is 5.75 Å². The van der Waals surface area contributed by atoms with Crippen LogP contribution < -0.4 is 10.1 Å². The van der Waals surface area contributed by atoms with E-state index >= 15 is 0 Å². The number of piperazine rings is 1. The van der Waals surface area contributed by atoms with Crippen molar-refractivity contribution < 1.29 is 17.9 Å². The topological polar surface area (TPSA) is 24.5 Å². The standard InChI is InChI=1S/C17H23F3N2O/c18-17(19,20)23-15-7-3-6-14(12-15)16(13-4-1-2-5-13)22-10-8-21-9-11-22/h3,6-7,12-13,16,21H,1-2,4-5,8-11H2/t16-/m0/s1. The molecule has 1 N–H and O–H groups in total. The molecule has 1 saturated heterocycles. The Labute approximate surface area is 134 Å². The molecule has 0 aromatic heterocycles. The van der Waals surface area contributed by atoms with Crippen LogP contribution in [0.2, 0.25) is 0 Å². The predicted molar refractivity (Wildman–Crippen MR) is 82.3 cm³/mol. The van der Waals surface area contributed by atoms with Crippen molar-refractivity contribution in [2.75, 3.05) is 26.2 Å². The van der Waals surface area contributed by atoms with Gasteiger partial charge in [0.1, 0.15) is 5.75 Å². The van der Waals surface area contributed by atoms with Gasteiger partial charge in [0.05, 0.1) is 0 Å². The second kappa shape index (κ2) is 7.09. The van der Waals surface area contributed by atoms with Crippen molar-refractivity contribution in [2.24, 2.45) is 5.92 Å². The van der Waals surface area contributed by atoms with Gasteiger partial charge >= 0.3 is 6.36 Å². The zero-order valence-corrected chi connectivity index (χ0v) is 13.1. The van der Waals surface area contributed by atoms with Gasteiger partial charge in [0.2, 0.25) is 0 Å². The fraction of sp³-hybridized carbons (Fsp3) is 0.647. The summed E-state index contributed by atoms with van der Waals surface area (Å²) in [5.74, 6) is 0.405. The minimum absolute atomic E-state index is 0.117. The number of halogens is 3. The SMILES string of the molecule is FC(F)(F)Oc1cccc([C@H](C2CCCC2)N2CCNCC2)c1. The first kappa shape index (κ1) is 16.6. The Balaban J connectivity index is 1.84. The Morgan fingerprint density at radius 1 is 1.13 bits per heavy atom. The lowest BCUT2D eigenvalue weighted by molar-refractivity contribution is -0.274.